The highest BCUT2D eigenvalue weighted by Crippen LogP contribution is 2.22. The second-order valence-electron chi connectivity index (χ2n) is 6.01. The van der Waals surface area contributed by atoms with Gasteiger partial charge in [-0.05, 0) is 42.0 Å². The van der Waals surface area contributed by atoms with Gasteiger partial charge in [0.05, 0.1) is 11.0 Å². The van der Waals surface area contributed by atoms with Crippen LogP contribution in [0.4, 0.5) is 11.6 Å². The molecule has 0 fully saturated rings. The lowest BCUT2D eigenvalue weighted by Crippen LogP contribution is -2.04. The van der Waals surface area contributed by atoms with Crippen LogP contribution in [0.2, 0.25) is 0 Å². The van der Waals surface area contributed by atoms with Gasteiger partial charge in [-0.15, -0.1) is 0 Å². The highest BCUT2D eigenvalue weighted by atomic mass is 16.5. The van der Waals surface area contributed by atoms with Crippen molar-refractivity contribution >= 4 is 22.7 Å². The minimum Gasteiger partial charge on any atom is -0.439 e. The summed E-state index contributed by atoms with van der Waals surface area (Å²) in [6.07, 6.45) is 1.71. The topological polar surface area (TPSA) is 78.0 Å². The molecule has 2 heterocycles. The van der Waals surface area contributed by atoms with E-state index in [0.29, 0.717) is 12.4 Å². The minimum atomic E-state index is 0.581. The van der Waals surface area contributed by atoms with Gasteiger partial charge in [0.1, 0.15) is 5.75 Å². The molecule has 2 aromatic carbocycles. The number of aryl methyl sites for hydroxylation is 1. The standard InChI is InChI=1S/C20H19N5O/c1-25-18-12-15(21)7-10-17(18)24-20(25)23-13-14-5-8-16(9-6-14)26-19-4-2-3-11-22-19/h2-12H,13,21H2,1H3,(H,23,24). The molecule has 4 rings (SSSR count). The quantitative estimate of drug-likeness (QED) is 0.535. The number of hydrogen-bond donors (Lipinski definition) is 2. The summed E-state index contributed by atoms with van der Waals surface area (Å²) in [6.45, 7) is 0.663. The molecule has 130 valence electrons. The number of benzene rings is 2. The highest BCUT2D eigenvalue weighted by Gasteiger charge is 2.07. The number of pyridine rings is 1. The fraction of sp³-hybridized carbons (Fsp3) is 0.100. The summed E-state index contributed by atoms with van der Waals surface area (Å²) in [5.74, 6) is 2.14. The maximum absolute atomic E-state index is 5.86. The molecule has 0 aliphatic heterocycles. The Bertz CT molecular complexity index is 1030. The first kappa shape index (κ1) is 16.0. The average Bonchev–Trinajstić information content (AvgIpc) is 2.98. The lowest BCUT2D eigenvalue weighted by atomic mass is 10.2. The molecule has 6 heteroatoms. The number of nitrogens with zero attached hydrogens (tertiary/aromatic N) is 3. The van der Waals surface area contributed by atoms with Crippen molar-refractivity contribution in [3.05, 3.63) is 72.4 Å². The summed E-state index contributed by atoms with van der Waals surface area (Å²) >= 11 is 0. The predicted molar refractivity (Wildman–Crippen MR) is 103 cm³/mol. The lowest BCUT2D eigenvalue weighted by Gasteiger charge is -2.08. The van der Waals surface area contributed by atoms with E-state index in [1.165, 1.54) is 0 Å². The van der Waals surface area contributed by atoms with E-state index in [1.54, 1.807) is 6.20 Å². The molecule has 0 unspecified atom stereocenters. The van der Waals surface area contributed by atoms with E-state index in [2.05, 4.69) is 15.3 Å². The number of nitrogens with two attached hydrogens (primary N) is 1. The SMILES string of the molecule is Cn1c(NCc2ccc(Oc3ccccn3)cc2)nc2ccc(N)cc21. The van der Waals surface area contributed by atoms with Crippen molar-refractivity contribution < 1.29 is 4.74 Å². The van der Waals surface area contributed by atoms with Crippen LogP contribution >= 0.6 is 0 Å². The van der Waals surface area contributed by atoms with Crippen LogP contribution in [0.25, 0.3) is 11.0 Å². The van der Waals surface area contributed by atoms with Crippen LogP contribution in [0, 0.1) is 0 Å². The number of fused-ring (bicyclic) bond motifs is 1. The number of imidazole rings is 1. The molecule has 0 spiro atoms. The summed E-state index contributed by atoms with van der Waals surface area (Å²) < 4.78 is 7.71. The van der Waals surface area contributed by atoms with Gasteiger partial charge in [0, 0.05) is 31.5 Å². The smallest absolute Gasteiger partial charge is 0.219 e. The molecule has 0 bridgehead atoms. The molecule has 0 radical (unpaired) electrons. The van der Waals surface area contributed by atoms with Crippen molar-refractivity contribution in [3.8, 4) is 11.6 Å². The minimum absolute atomic E-state index is 0.581. The number of nitrogen functional groups attached to an aromatic ring is 1. The molecule has 0 saturated carbocycles. The molecular formula is C20H19N5O. The number of rotatable bonds is 5. The number of anilines is 2. The molecule has 2 aromatic heterocycles. The van der Waals surface area contributed by atoms with Gasteiger partial charge in [0.25, 0.3) is 0 Å². The fourth-order valence-electron chi connectivity index (χ4n) is 2.75. The van der Waals surface area contributed by atoms with Crippen LogP contribution in [-0.4, -0.2) is 14.5 Å². The van der Waals surface area contributed by atoms with Gasteiger partial charge in [0.2, 0.25) is 11.8 Å². The monoisotopic (exact) mass is 345 g/mol. The van der Waals surface area contributed by atoms with Crippen LogP contribution in [0.5, 0.6) is 11.6 Å². The third kappa shape index (κ3) is 3.30. The average molecular weight is 345 g/mol. The van der Waals surface area contributed by atoms with Crippen LogP contribution in [0.1, 0.15) is 5.56 Å². The van der Waals surface area contributed by atoms with Gasteiger partial charge in [-0.2, -0.15) is 0 Å². The van der Waals surface area contributed by atoms with E-state index in [0.717, 1.165) is 34.0 Å². The Morgan fingerprint density at radius 1 is 1.08 bits per heavy atom. The van der Waals surface area contributed by atoms with E-state index in [-0.39, 0.29) is 0 Å². The maximum Gasteiger partial charge on any atom is 0.219 e. The molecule has 6 nitrogen and oxygen atoms in total. The zero-order chi connectivity index (χ0) is 17.9. The molecular weight excluding hydrogens is 326 g/mol. The summed E-state index contributed by atoms with van der Waals surface area (Å²) in [4.78, 5) is 8.76. The van der Waals surface area contributed by atoms with Crippen molar-refractivity contribution in [3.63, 3.8) is 0 Å². The number of aromatic nitrogens is 3. The zero-order valence-corrected chi connectivity index (χ0v) is 14.4. The summed E-state index contributed by atoms with van der Waals surface area (Å²) in [5, 5.41) is 3.37. The summed E-state index contributed by atoms with van der Waals surface area (Å²) in [6, 6.07) is 19.2. The molecule has 0 aliphatic rings. The Balaban J connectivity index is 1.44. The predicted octanol–water partition coefficient (Wildman–Crippen LogP) is 3.95. The Morgan fingerprint density at radius 2 is 1.92 bits per heavy atom. The summed E-state index contributed by atoms with van der Waals surface area (Å²) in [5.41, 5.74) is 9.65. The van der Waals surface area contributed by atoms with Crippen molar-refractivity contribution in [2.24, 2.45) is 7.05 Å². The van der Waals surface area contributed by atoms with Gasteiger partial charge < -0.3 is 20.4 Å². The molecule has 0 atom stereocenters. The first-order valence-corrected chi connectivity index (χ1v) is 8.33. The van der Waals surface area contributed by atoms with Crippen molar-refractivity contribution in [2.75, 3.05) is 11.1 Å². The van der Waals surface area contributed by atoms with E-state index in [4.69, 9.17) is 10.5 Å². The van der Waals surface area contributed by atoms with E-state index >= 15 is 0 Å². The van der Waals surface area contributed by atoms with Crippen LogP contribution in [-0.2, 0) is 13.6 Å². The van der Waals surface area contributed by atoms with Gasteiger partial charge in [-0.25, -0.2) is 9.97 Å². The highest BCUT2D eigenvalue weighted by molar-refractivity contribution is 5.81. The first-order chi connectivity index (χ1) is 12.7. The Kier molecular flexibility index (Phi) is 4.15. The number of nitrogens with one attached hydrogen (secondary N) is 1. The third-order valence-electron chi connectivity index (χ3n) is 4.14. The largest absolute Gasteiger partial charge is 0.439 e. The lowest BCUT2D eigenvalue weighted by molar-refractivity contribution is 0.463. The van der Waals surface area contributed by atoms with Crippen LogP contribution in [0.15, 0.2) is 66.9 Å². The number of hydrogen-bond acceptors (Lipinski definition) is 5. The number of ether oxygens (including phenoxy) is 1. The van der Waals surface area contributed by atoms with Gasteiger partial charge in [-0.3, -0.25) is 0 Å². The Labute approximate surface area is 151 Å². The zero-order valence-electron chi connectivity index (χ0n) is 14.4. The first-order valence-electron chi connectivity index (χ1n) is 8.33. The van der Waals surface area contributed by atoms with Crippen LogP contribution < -0.4 is 15.8 Å². The van der Waals surface area contributed by atoms with Gasteiger partial charge in [-0.1, -0.05) is 18.2 Å². The normalized spacial score (nSPS) is 10.8. The fourth-order valence-corrected chi connectivity index (χ4v) is 2.75. The van der Waals surface area contributed by atoms with Gasteiger partial charge >= 0.3 is 0 Å². The van der Waals surface area contributed by atoms with Gasteiger partial charge in [0.15, 0.2) is 0 Å². The summed E-state index contributed by atoms with van der Waals surface area (Å²) in [7, 11) is 1.97. The van der Waals surface area contributed by atoms with Crippen LogP contribution in [0.3, 0.4) is 0 Å². The van der Waals surface area contributed by atoms with Crippen molar-refractivity contribution in [1.29, 1.82) is 0 Å². The third-order valence-corrected chi connectivity index (χ3v) is 4.14. The second kappa shape index (κ2) is 6.76. The maximum atomic E-state index is 5.86. The molecule has 4 aromatic rings. The van der Waals surface area contributed by atoms with Crippen molar-refractivity contribution in [2.45, 2.75) is 6.54 Å². The Hall–Kier alpha value is -3.54. The van der Waals surface area contributed by atoms with E-state index < -0.39 is 0 Å². The molecule has 0 aliphatic carbocycles. The molecule has 3 N–H and O–H groups in total. The Morgan fingerprint density at radius 3 is 2.69 bits per heavy atom. The van der Waals surface area contributed by atoms with E-state index in [9.17, 15) is 0 Å². The van der Waals surface area contributed by atoms with Crippen molar-refractivity contribution in [1.82, 2.24) is 14.5 Å². The molecule has 26 heavy (non-hydrogen) atoms. The molecule has 0 amide bonds. The second-order valence-corrected chi connectivity index (χ2v) is 6.01. The molecule has 0 saturated heterocycles. The van der Waals surface area contributed by atoms with E-state index in [1.807, 2.05) is 72.3 Å².